The average molecular weight is 302 g/mol. The lowest BCUT2D eigenvalue weighted by molar-refractivity contribution is 0.112. The van der Waals surface area contributed by atoms with Crippen LogP contribution >= 0.6 is 15.9 Å². The molecule has 0 aliphatic carbocycles. The minimum Gasteiger partial charge on any atom is -0.494 e. The molecule has 0 saturated carbocycles. The lowest BCUT2D eigenvalue weighted by atomic mass is 10.1. The summed E-state index contributed by atoms with van der Waals surface area (Å²) in [5.74, 6) is -0.550. The normalized spacial score (nSPS) is 10.6. The molecule has 1 heterocycles. The molecule has 0 atom stereocenters. The van der Waals surface area contributed by atoms with E-state index in [1.807, 2.05) is 0 Å². The largest absolute Gasteiger partial charge is 0.494 e. The number of aromatic nitrogens is 1. The molecule has 0 saturated heterocycles. The summed E-state index contributed by atoms with van der Waals surface area (Å²) >= 11 is 3.20. The molecular formula is C11H9BrFNO3. The fourth-order valence-corrected chi connectivity index (χ4v) is 2.20. The SMILES string of the molecule is COc1cc2c(C=O)c(Br)[nH]c2c(OC)c1F. The van der Waals surface area contributed by atoms with Crippen molar-refractivity contribution in [2.24, 2.45) is 0 Å². The Morgan fingerprint density at radius 3 is 2.65 bits per heavy atom. The van der Waals surface area contributed by atoms with Crippen LogP contribution in [0.15, 0.2) is 10.7 Å². The molecule has 0 bridgehead atoms. The van der Waals surface area contributed by atoms with Gasteiger partial charge in [-0.05, 0) is 22.0 Å². The second-order valence-electron chi connectivity index (χ2n) is 3.32. The molecule has 0 fully saturated rings. The first-order chi connectivity index (χ1) is 8.13. The summed E-state index contributed by atoms with van der Waals surface area (Å²) in [4.78, 5) is 13.8. The van der Waals surface area contributed by atoms with Crippen LogP contribution in [0.2, 0.25) is 0 Å². The number of ether oxygens (including phenoxy) is 2. The highest BCUT2D eigenvalue weighted by molar-refractivity contribution is 9.10. The fraction of sp³-hybridized carbons (Fsp3) is 0.182. The van der Waals surface area contributed by atoms with Gasteiger partial charge in [-0.2, -0.15) is 4.39 Å². The number of carbonyl (C=O) groups is 1. The molecule has 1 aromatic carbocycles. The van der Waals surface area contributed by atoms with Gasteiger partial charge in [-0.1, -0.05) is 0 Å². The smallest absolute Gasteiger partial charge is 0.209 e. The van der Waals surface area contributed by atoms with Crippen LogP contribution in [0.4, 0.5) is 4.39 Å². The highest BCUT2D eigenvalue weighted by Crippen LogP contribution is 2.38. The number of aromatic amines is 1. The van der Waals surface area contributed by atoms with E-state index in [4.69, 9.17) is 9.47 Å². The van der Waals surface area contributed by atoms with E-state index in [2.05, 4.69) is 20.9 Å². The van der Waals surface area contributed by atoms with E-state index in [0.29, 0.717) is 27.4 Å². The van der Waals surface area contributed by atoms with Crippen LogP contribution < -0.4 is 9.47 Å². The molecule has 0 unspecified atom stereocenters. The maximum atomic E-state index is 13.9. The third-order valence-corrected chi connectivity index (χ3v) is 3.12. The van der Waals surface area contributed by atoms with Crippen molar-refractivity contribution >= 4 is 33.1 Å². The van der Waals surface area contributed by atoms with Crippen molar-refractivity contribution in [3.05, 3.63) is 22.1 Å². The van der Waals surface area contributed by atoms with Gasteiger partial charge in [0.25, 0.3) is 0 Å². The van der Waals surface area contributed by atoms with Crippen molar-refractivity contribution in [3.8, 4) is 11.5 Å². The number of fused-ring (bicyclic) bond motifs is 1. The van der Waals surface area contributed by atoms with Crippen molar-refractivity contribution < 1.29 is 18.7 Å². The van der Waals surface area contributed by atoms with E-state index in [0.717, 1.165) is 0 Å². The Hall–Kier alpha value is -1.56. The summed E-state index contributed by atoms with van der Waals surface area (Å²) in [5, 5.41) is 0.543. The van der Waals surface area contributed by atoms with Crippen molar-refractivity contribution in [2.75, 3.05) is 14.2 Å². The predicted molar refractivity (Wildman–Crippen MR) is 64.4 cm³/mol. The number of carbonyl (C=O) groups excluding carboxylic acids is 1. The van der Waals surface area contributed by atoms with Gasteiger partial charge >= 0.3 is 0 Å². The quantitative estimate of drug-likeness (QED) is 0.887. The summed E-state index contributed by atoms with van der Waals surface area (Å²) in [6, 6.07) is 1.46. The monoisotopic (exact) mass is 301 g/mol. The first-order valence-corrected chi connectivity index (χ1v) is 5.50. The predicted octanol–water partition coefficient (Wildman–Crippen LogP) is 2.90. The Kier molecular flexibility index (Phi) is 3.06. The van der Waals surface area contributed by atoms with Gasteiger partial charge in [0.1, 0.15) is 0 Å². The Labute approximate surface area is 105 Å². The number of nitrogens with one attached hydrogen (secondary N) is 1. The van der Waals surface area contributed by atoms with Gasteiger partial charge in [0, 0.05) is 5.39 Å². The molecule has 90 valence electrons. The zero-order valence-electron chi connectivity index (χ0n) is 9.14. The highest BCUT2D eigenvalue weighted by atomic mass is 79.9. The lowest BCUT2D eigenvalue weighted by Gasteiger charge is -2.08. The molecule has 6 heteroatoms. The number of aldehydes is 1. The molecule has 1 N–H and O–H groups in total. The van der Waals surface area contributed by atoms with Crippen LogP contribution in [0.25, 0.3) is 10.9 Å². The van der Waals surface area contributed by atoms with E-state index < -0.39 is 5.82 Å². The number of rotatable bonds is 3. The van der Waals surface area contributed by atoms with Crippen LogP contribution in [0, 0.1) is 5.82 Å². The summed E-state index contributed by atoms with van der Waals surface area (Å²) < 4.78 is 24.2. The van der Waals surface area contributed by atoms with Crippen molar-refractivity contribution in [1.29, 1.82) is 0 Å². The van der Waals surface area contributed by atoms with Crippen molar-refractivity contribution in [1.82, 2.24) is 4.98 Å². The Balaban J connectivity index is 2.92. The third kappa shape index (κ3) is 1.68. The Morgan fingerprint density at radius 2 is 2.12 bits per heavy atom. The minimum absolute atomic E-state index is 0.0214. The molecule has 4 nitrogen and oxygen atoms in total. The number of benzene rings is 1. The molecule has 0 amide bonds. The van der Waals surface area contributed by atoms with Crippen LogP contribution in [-0.2, 0) is 0 Å². The zero-order chi connectivity index (χ0) is 12.6. The van der Waals surface area contributed by atoms with Crippen LogP contribution in [-0.4, -0.2) is 25.5 Å². The number of halogens is 2. The van der Waals surface area contributed by atoms with E-state index in [-0.39, 0.29) is 11.5 Å². The second-order valence-corrected chi connectivity index (χ2v) is 4.11. The Morgan fingerprint density at radius 1 is 1.41 bits per heavy atom. The van der Waals surface area contributed by atoms with Crippen LogP contribution in [0.5, 0.6) is 11.5 Å². The van der Waals surface area contributed by atoms with Crippen LogP contribution in [0.3, 0.4) is 0 Å². The third-order valence-electron chi connectivity index (χ3n) is 2.49. The fourth-order valence-electron chi connectivity index (χ4n) is 1.70. The summed E-state index contributed by atoms with van der Waals surface area (Å²) in [5.41, 5.74) is 0.816. The molecule has 0 spiro atoms. The molecule has 0 aliphatic heterocycles. The van der Waals surface area contributed by atoms with Gasteiger partial charge in [0.2, 0.25) is 5.82 Å². The molecule has 2 rings (SSSR count). The molecule has 2 aromatic rings. The van der Waals surface area contributed by atoms with Gasteiger partial charge < -0.3 is 14.5 Å². The lowest BCUT2D eigenvalue weighted by Crippen LogP contribution is -1.94. The maximum Gasteiger partial charge on any atom is 0.209 e. The molecule has 0 aliphatic rings. The van der Waals surface area contributed by atoms with E-state index in [1.165, 1.54) is 20.3 Å². The minimum atomic E-state index is -0.603. The van der Waals surface area contributed by atoms with Crippen molar-refractivity contribution in [3.63, 3.8) is 0 Å². The van der Waals surface area contributed by atoms with Gasteiger partial charge in [-0.15, -0.1) is 0 Å². The van der Waals surface area contributed by atoms with Crippen LogP contribution in [0.1, 0.15) is 10.4 Å². The number of hydrogen-bond donors (Lipinski definition) is 1. The number of hydrogen-bond acceptors (Lipinski definition) is 3. The number of methoxy groups -OCH3 is 2. The number of H-pyrrole nitrogens is 1. The van der Waals surface area contributed by atoms with E-state index >= 15 is 0 Å². The summed E-state index contributed by atoms with van der Waals surface area (Å²) in [6.07, 6.45) is 0.680. The zero-order valence-corrected chi connectivity index (χ0v) is 10.7. The molecule has 17 heavy (non-hydrogen) atoms. The van der Waals surface area contributed by atoms with E-state index in [9.17, 15) is 9.18 Å². The maximum absolute atomic E-state index is 13.9. The van der Waals surface area contributed by atoms with Gasteiger partial charge in [-0.3, -0.25) is 4.79 Å². The highest BCUT2D eigenvalue weighted by Gasteiger charge is 2.20. The first-order valence-electron chi connectivity index (χ1n) is 4.70. The van der Waals surface area contributed by atoms with E-state index in [1.54, 1.807) is 0 Å². The average Bonchev–Trinajstić information content (AvgIpc) is 2.63. The molecule has 1 aromatic heterocycles. The summed E-state index contributed by atoms with van der Waals surface area (Å²) in [7, 11) is 2.71. The summed E-state index contributed by atoms with van der Waals surface area (Å²) in [6.45, 7) is 0. The second kappa shape index (κ2) is 4.37. The topological polar surface area (TPSA) is 51.3 Å². The van der Waals surface area contributed by atoms with Gasteiger partial charge in [0.15, 0.2) is 17.8 Å². The first kappa shape index (κ1) is 11.9. The van der Waals surface area contributed by atoms with Gasteiger partial charge in [0.05, 0.1) is 29.9 Å². The van der Waals surface area contributed by atoms with Gasteiger partial charge in [-0.25, -0.2) is 0 Å². The standard InChI is InChI=1S/C11H9BrFNO3/c1-16-7-3-5-6(4-15)11(12)14-9(5)10(17-2)8(7)13/h3-4,14H,1-2H3. The molecular weight excluding hydrogens is 293 g/mol. The van der Waals surface area contributed by atoms with Crippen molar-refractivity contribution in [2.45, 2.75) is 0 Å². The molecule has 0 radical (unpaired) electrons. The Bertz CT molecular complexity index is 594.